The van der Waals surface area contributed by atoms with Crippen molar-refractivity contribution in [1.29, 1.82) is 5.26 Å². The maximum Gasteiger partial charge on any atom is 0.142 e. The van der Waals surface area contributed by atoms with Crippen molar-refractivity contribution in [2.24, 2.45) is 0 Å². The molecule has 0 aliphatic heterocycles. The highest BCUT2D eigenvalue weighted by molar-refractivity contribution is 5.45. The molecule has 2 aromatic rings. The van der Waals surface area contributed by atoms with Crippen LogP contribution < -0.4 is 10.6 Å². The SMILES string of the molecule is CC(C)N(Cc1ccc(N)cc1)c1cccc(C#N)n1. The normalized spacial score (nSPS) is 10.3. The Morgan fingerprint density at radius 3 is 2.50 bits per heavy atom. The van der Waals surface area contributed by atoms with Gasteiger partial charge in [-0.15, -0.1) is 0 Å². The Balaban J connectivity index is 2.27. The molecule has 0 saturated heterocycles. The zero-order valence-electron chi connectivity index (χ0n) is 11.7. The Morgan fingerprint density at radius 1 is 1.20 bits per heavy atom. The standard InChI is InChI=1S/C16H18N4/c1-12(2)20(11-13-6-8-14(18)9-7-13)16-5-3-4-15(10-17)19-16/h3-9,12H,11,18H2,1-2H3. The molecule has 4 heteroatoms. The predicted molar refractivity (Wildman–Crippen MR) is 81.1 cm³/mol. The molecule has 0 radical (unpaired) electrons. The summed E-state index contributed by atoms with van der Waals surface area (Å²) in [6.07, 6.45) is 0. The molecule has 2 rings (SSSR count). The van der Waals surface area contributed by atoms with Gasteiger partial charge in [-0.05, 0) is 43.7 Å². The Kier molecular flexibility index (Phi) is 4.21. The number of nitrogen functional groups attached to an aromatic ring is 1. The van der Waals surface area contributed by atoms with Crippen LogP contribution in [0.15, 0.2) is 42.5 Å². The topological polar surface area (TPSA) is 65.9 Å². The summed E-state index contributed by atoms with van der Waals surface area (Å²) in [6, 6.07) is 15.7. The lowest BCUT2D eigenvalue weighted by molar-refractivity contribution is 0.672. The monoisotopic (exact) mass is 266 g/mol. The number of rotatable bonds is 4. The molecule has 0 spiro atoms. The Labute approximate surface area is 119 Å². The molecule has 1 aromatic heterocycles. The highest BCUT2D eigenvalue weighted by Crippen LogP contribution is 2.18. The Hall–Kier alpha value is -2.54. The van der Waals surface area contributed by atoms with E-state index in [4.69, 9.17) is 11.0 Å². The number of hydrogen-bond donors (Lipinski definition) is 1. The van der Waals surface area contributed by atoms with Gasteiger partial charge in [0, 0.05) is 18.3 Å². The largest absolute Gasteiger partial charge is 0.399 e. The van der Waals surface area contributed by atoms with Crippen molar-refractivity contribution < 1.29 is 0 Å². The van der Waals surface area contributed by atoms with Crippen molar-refractivity contribution in [1.82, 2.24) is 4.98 Å². The summed E-state index contributed by atoms with van der Waals surface area (Å²) in [5.74, 6) is 0.816. The van der Waals surface area contributed by atoms with Crippen molar-refractivity contribution in [2.75, 3.05) is 10.6 Å². The summed E-state index contributed by atoms with van der Waals surface area (Å²) < 4.78 is 0. The van der Waals surface area contributed by atoms with Gasteiger partial charge in [0.2, 0.25) is 0 Å². The van der Waals surface area contributed by atoms with E-state index in [0.717, 1.165) is 23.6 Å². The van der Waals surface area contributed by atoms with Crippen LogP contribution in [0.2, 0.25) is 0 Å². The number of anilines is 2. The number of benzene rings is 1. The van der Waals surface area contributed by atoms with E-state index in [9.17, 15) is 0 Å². The molecular formula is C16H18N4. The van der Waals surface area contributed by atoms with Crippen LogP contribution >= 0.6 is 0 Å². The molecule has 0 bridgehead atoms. The zero-order valence-corrected chi connectivity index (χ0v) is 11.7. The fourth-order valence-electron chi connectivity index (χ4n) is 1.99. The summed E-state index contributed by atoms with van der Waals surface area (Å²) in [5, 5.41) is 8.96. The molecule has 0 unspecified atom stereocenters. The van der Waals surface area contributed by atoms with Crippen molar-refractivity contribution in [3.8, 4) is 6.07 Å². The number of nitrogens with zero attached hydrogens (tertiary/aromatic N) is 3. The third kappa shape index (κ3) is 3.27. The minimum atomic E-state index is 0.286. The molecule has 102 valence electrons. The summed E-state index contributed by atoms with van der Waals surface area (Å²) in [7, 11) is 0. The first kappa shape index (κ1) is 13.9. The third-order valence-corrected chi connectivity index (χ3v) is 3.10. The van der Waals surface area contributed by atoms with Crippen molar-refractivity contribution >= 4 is 11.5 Å². The van der Waals surface area contributed by atoms with Gasteiger partial charge in [-0.1, -0.05) is 18.2 Å². The van der Waals surface area contributed by atoms with Crippen molar-refractivity contribution in [3.63, 3.8) is 0 Å². The molecular weight excluding hydrogens is 248 g/mol. The first-order chi connectivity index (χ1) is 9.60. The van der Waals surface area contributed by atoms with E-state index in [2.05, 4.69) is 29.8 Å². The molecule has 2 N–H and O–H groups in total. The van der Waals surface area contributed by atoms with E-state index >= 15 is 0 Å². The van der Waals surface area contributed by atoms with E-state index in [0.29, 0.717) is 5.69 Å². The second-order valence-electron chi connectivity index (χ2n) is 4.96. The summed E-state index contributed by atoms with van der Waals surface area (Å²) >= 11 is 0. The van der Waals surface area contributed by atoms with Gasteiger partial charge < -0.3 is 10.6 Å². The fourth-order valence-corrected chi connectivity index (χ4v) is 1.99. The summed E-state index contributed by atoms with van der Waals surface area (Å²) in [5.41, 5.74) is 8.06. The summed E-state index contributed by atoms with van der Waals surface area (Å²) in [6.45, 7) is 4.95. The zero-order chi connectivity index (χ0) is 14.5. The van der Waals surface area contributed by atoms with Gasteiger partial charge in [-0.3, -0.25) is 0 Å². The van der Waals surface area contributed by atoms with Gasteiger partial charge in [0.25, 0.3) is 0 Å². The van der Waals surface area contributed by atoms with Crippen LogP contribution in [-0.2, 0) is 6.54 Å². The number of aromatic nitrogens is 1. The summed E-state index contributed by atoms with van der Waals surface area (Å²) in [4.78, 5) is 6.53. The Bertz CT molecular complexity index is 611. The molecule has 20 heavy (non-hydrogen) atoms. The molecule has 1 heterocycles. The van der Waals surface area contributed by atoms with E-state index in [1.807, 2.05) is 36.4 Å². The van der Waals surface area contributed by atoms with Crippen LogP contribution in [0.1, 0.15) is 25.1 Å². The molecule has 0 atom stereocenters. The van der Waals surface area contributed by atoms with E-state index in [-0.39, 0.29) is 6.04 Å². The number of hydrogen-bond acceptors (Lipinski definition) is 4. The van der Waals surface area contributed by atoms with E-state index in [1.165, 1.54) is 0 Å². The van der Waals surface area contributed by atoms with Gasteiger partial charge in [0.1, 0.15) is 17.6 Å². The number of nitriles is 1. The second kappa shape index (κ2) is 6.07. The lowest BCUT2D eigenvalue weighted by Gasteiger charge is -2.28. The maximum absolute atomic E-state index is 8.96. The quantitative estimate of drug-likeness (QED) is 0.864. The first-order valence-corrected chi connectivity index (χ1v) is 6.58. The molecule has 0 aliphatic carbocycles. The lowest BCUT2D eigenvalue weighted by Crippen LogP contribution is -2.31. The Morgan fingerprint density at radius 2 is 1.90 bits per heavy atom. The van der Waals surface area contributed by atoms with Crippen LogP contribution in [0.3, 0.4) is 0 Å². The van der Waals surface area contributed by atoms with Gasteiger partial charge in [0.05, 0.1) is 0 Å². The molecule has 0 amide bonds. The molecule has 0 fully saturated rings. The average molecular weight is 266 g/mol. The van der Waals surface area contributed by atoms with E-state index in [1.54, 1.807) is 6.07 Å². The highest BCUT2D eigenvalue weighted by atomic mass is 15.2. The molecule has 4 nitrogen and oxygen atoms in total. The van der Waals surface area contributed by atoms with Crippen LogP contribution in [0, 0.1) is 11.3 Å². The van der Waals surface area contributed by atoms with Crippen LogP contribution in [0.5, 0.6) is 0 Å². The van der Waals surface area contributed by atoms with Gasteiger partial charge >= 0.3 is 0 Å². The fraction of sp³-hybridized carbons (Fsp3) is 0.250. The highest BCUT2D eigenvalue weighted by Gasteiger charge is 2.13. The number of nitrogens with two attached hydrogens (primary N) is 1. The van der Waals surface area contributed by atoms with Crippen LogP contribution in [-0.4, -0.2) is 11.0 Å². The van der Waals surface area contributed by atoms with Crippen LogP contribution in [0.4, 0.5) is 11.5 Å². The number of pyridine rings is 1. The minimum absolute atomic E-state index is 0.286. The van der Waals surface area contributed by atoms with Crippen LogP contribution in [0.25, 0.3) is 0 Å². The molecule has 0 aliphatic rings. The third-order valence-electron chi connectivity index (χ3n) is 3.10. The van der Waals surface area contributed by atoms with Crippen molar-refractivity contribution in [3.05, 3.63) is 53.7 Å². The second-order valence-corrected chi connectivity index (χ2v) is 4.96. The molecule has 1 aromatic carbocycles. The lowest BCUT2D eigenvalue weighted by atomic mass is 10.1. The van der Waals surface area contributed by atoms with Gasteiger partial charge in [-0.25, -0.2) is 4.98 Å². The minimum Gasteiger partial charge on any atom is -0.399 e. The van der Waals surface area contributed by atoms with Gasteiger partial charge in [0.15, 0.2) is 0 Å². The van der Waals surface area contributed by atoms with E-state index < -0.39 is 0 Å². The smallest absolute Gasteiger partial charge is 0.142 e. The van der Waals surface area contributed by atoms with Gasteiger partial charge in [-0.2, -0.15) is 5.26 Å². The average Bonchev–Trinajstić information content (AvgIpc) is 2.46. The first-order valence-electron chi connectivity index (χ1n) is 6.58. The molecule has 0 saturated carbocycles. The predicted octanol–water partition coefficient (Wildman–Crippen LogP) is 2.95. The van der Waals surface area contributed by atoms with Crippen molar-refractivity contribution in [2.45, 2.75) is 26.4 Å². The maximum atomic E-state index is 8.96.